The Bertz CT molecular complexity index is 450. The minimum Gasteiger partial charge on any atom is -0.467 e. The zero-order valence-corrected chi connectivity index (χ0v) is 10.7. The minimum absolute atomic E-state index is 0.269. The second-order valence-corrected chi connectivity index (χ2v) is 3.79. The van der Waals surface area contributed by atoms with Crippen molar-refractivity contribution in [1.82, 2.24) is 5.32 Å². The summed E-state index contributed by atoms with van der Waals surface area (Å²) in [6.07, 6.45) is 0. The van der Waals surface area contributed by atoms with Crippen LogP contribution >= 0.6 is 0 Å². The number of carbonyl (C=O) groups is 2. The van der Waals surface area contributed by atoms with Gasteiger partial charge in [0.2, 0.25) is 5.91 Å². The van der Waals surface area contributed by atoms with E-state index in [0.717, 1.165) is 5.01 Å². The van der Waals surface area contributed by atoms with E-state index in [0.29, 0.717) is 5.69 Å². The third kappa shape index (κ3) is 4.38. The number of nitroso groups, excluding NO2 is 1. The Labute approximate surface area is 110 Å². The summed E-state index contributed by atoms with van der Waals surface area (Å²) in [5.41, 5.74) is 0.498. The van der Waals surface area contributed by atoms with Gasteiger partial charge >= 0.3 is 5.97 Å². The smallest absolute Gasteiger partial charge is 0.328 e. The van der Waals surface area contributed by atoms with Crippen molar-refractivity contribution in [3.63, 3.8) is 0 Å². The maximum atomic E-state index is 11.7. The number of rotatable bonds is 6. The van der Waals surface area contributed by atoms with E-state index in [1.165, 1.54) is 14.0 Å². The van der Waals surface area contributed by atoms with E-state index in [-0.39, 0.29) is 6.54 Å². The Morgan fingerprint density at radius 1 is 1.37 bits per heavy atom. The van der Waals surface area contributed by atoms with E-state index in [9.17, 15) is 14.5 Å². The monoisotopic (exact) mass is 265 g/mol. The van der Waals surface area contributed by atoms with Crippen LogP contribution in [0.1, 0.15) is 6.92 Å². The fraction of sp³-hybridized carbons (Fsp3) is 0.333. The molecule has 0 aliphatic rings. The molecule has 0 radical (unpaired) electrons. The van der Waals surface area contributed by atoms with Crippen molar-refractivity contribution in [2.75, 3.05) is 18.7 Å². The molecule has 0 unspecified atom stereocenters. The zero-order chi connectivity index (χ0) is 14.3. The molecule has 0 bridgehead atoms. The summed E-state index contributed by atoms with van der Waals surface area (Å²) in [5.74, 6) is -1.06. The molecule has 1 aromatic rings. The zero-order valence-electron chi connectivity index (χ0n) is 10.7. The van der Waals surface area contributed by atoms with Crippen molar-refractivity contribution in [2.45, 2.75) is 13.0 Å². The number of anilines is 1. The number of carbonyl (C=O) groups excluding carboxylic acids is 2. The number of hydrogen-bond donors (Lipinski definition) is 1. The summed E-state index contributed by atoms with van der Waals surface area (Å²) in [4.78, 5) is 33.5. The van der Waals surface area contributed by atoms with E-state index >= 15 is 0 Å². The van der Waals surface area contributed by atoms with Gasteiger partial charge in [0, 0.05) is 0 Å². The normalized spacial score (nSPS) is 11.3. The van der Waals surface area contributed by atoms with Gasteiger partial charge < -0.3 is 10.1 Å². The highest BCUT2D eigenvalue weighted by Crippen LogP contribution is 2.12. The SMILES string of the molecule is COC(=O)[C@H](C)NC(=O)CN(N=O)c1ccccc1. The van der Waals surface area contributed by atoms with Gasteiger partial charge in [-0.25, -0.2) is 9.80 Å². The average Bonchev–Trinajstić information content (AvgIpc) is 2.44. The number of hydrogen-bond acceptors (Lipinski definition) is 5. The highest BCUT2D eigenvalue weighted by Gasteiger charge is 2.18. The number of benzene rings is 1. The third-order valence-electron chi connectivity index (χ3n) is 2.38. The highest BCUT2D eigenvalue weighted by molar-refractivity contribution is 5.86. The predicted molar refractivity (Wildman–Crippen MR) is 69.2 cm³/mol. The number of nitrogens with one attached hydrogen (secondary N) is 1. The van der Waals surface area contributed by atoms with Gasteiger partial charge in [-0.05, 0) is 19.1 Å². The second-order valence-electron chi connectivity index (χ2n) is 3.79. The third-order valence-corrected chi connectivity index (χ3v) is 2.38. The summed E-state index contributed by atoms with van der Waals surface area (Å²) in [5, 5.41) is 6.19. The number of amides is 1. The van der Waals surface area contributed by atoms with Gasteiger partial charge in [-0.15, -0.1) is 4.91 Å². The van der Waals surface area contributed by atoms with E-state index in [1.54, 1.807) is 30.3 Å². The van der Waals surface area contributed by atoms with Crippen LogP contribution in [0, 0.1) is 4.91 Å². The quantitative estimate of drug-likeness (QED) is 0.468. The molecule has 0 fully saturated rings. The molecule has 7 heteroatoms. The summed E-state index contributed by atoms with van der Waals surface area (Å²) in [6.45, 7) is 1.22. The molecule has 102 valence electrons. The van der Waals surface area contributed by atoms with Crippen LogP contribution in [0.4, 0.5) is 5.69 Å². The molecule has 0 aliphatic carbocycles. The molecule has 0 aliphatic heterocycles. The van der Waals surface area contributed by atoms with E-state index in [2.05, 4.69) is 15.3 Å². The molecule has 0 saturated carbocycles. The molecule has 1 amide bonds. The number of methoxy groups -OCH3 is 1. The van der Waals surface area contributed by atoms with Crippen LogP contribution < -0.4 is 10.3 Å². The van der Waals surface area contributed by atoms with Crippen molar-refractivity contribution in [3.8, 4) is 0 Å². The number of para-hydroxylation sites is 1. The molecule has 1 N–H and O–H groups in total. The van der Waals surface area contributed by atoms with Gasteiger partial charge in [-0.2, -0.15) is 0 Å². The fourth-order valence-corrected chi connectivity index (χ4v) is 1.43. The average molecular weight is 265 g/mol. The number of esters is 1. The van der Waals surface area contributed by atoms with E-state index < -0.39 is 17.9 Å². The lowest BCUT2D eigenvalue weighted by atomic mass is 10.3. The van der Waals surface area contributed by atoms with Crippen LogP contribution in [0.3, 0.4) is 0 Å². The first kappa shape index (κ1) is 14.6. The van der Waals surface area contributed by atoms with Crippen molar-refractivity contribution < 1.29 is 14.3 Å². The Morgan fingerprint density at radius 2 is 2.00 bits per heavy atom. The largest absolute Gasteiger partial charge is 0.467 e. The molecule has 1 rings (SSSR count). The first-order valence-corrected chi connectivity index (χ1v) is 5.61. The van der Waals surface area contributed by atoms with Gasteiger partial charge in [0.05, 0.1) is 18.1 Å². The van der Waals surface area contributed by atoms with Gasteiger partial charge in [0.15, 0.2) is 0 Å². The van der Waals surface area contributed by atoms with Crippen molar-refractivity contribution in [3.05, 3.63) is 35.2 Å². The van der Waals surface area contributed by atoms with E-state index in [4.69, 9.17) is 0 Å². The summed E-state index contributed by atoms with van der Waals surface area (Å²) in [6, 6.07) is 7.76. The molecular formula is C12H15N3O4. The van der Waals surface area contributed by atoms with E-state index in [1.807, 2.05) is 0 Å². The number of ether oxygens (including phenoxy) is 1. The topological polar surface area (TPSA) is 88.1 Å². The summed E-state index contributed by atoms with van der Waals surface area (Å²) in [7, 11) is 1.23. The molecule has 1 aromatic carbocycles. The maximum absolute atomic E-state index is 11.7. The molecule has 1 atom stereocenters. The minimum atomic E-state index is -0.776. The first-order chi connectivity index (χ1) is 9.08. The first-order valence-electron chi connectivity index (χ1n) is 5.61. The Hall–Kier alpha value is -2.44. The predicted octanol–water partition coefficient (Wildman–Crippen LogP) is 0.852. The van der Waals surface area contributed by atoms with Crippen LogP contribution in [0.15, 0.2) is 35.6 Å². The number of nitrogens with zero attached hydrogens (tertiary/aromatic N) is 2. The Morgan fingerprint density at radius 3 is 2.53 bits per heavy atom. The summed E-state index contributed by atoms with van der Waals surface area (Å²) < 4.78 is 4.48. The Kier molecular flexibility index (Phi) is 5.46. The molecule has 19 heavy (non-hydrogen) atoms. The lowest BCUT2D eigenvalue weighted by molar-refractivity contribution is -0.144. The van der Waals surface area contributed by atoms with Crippen molar-refractivity contribution >= 4 is 17.6 Å². The van der Waals surface area contributed by atoms with Crippen LogP contribution in [0.25, 0.3) is 0 Å². The lowest BCUT2D eigenvalue weighted by Crippen LogP contribution is -2.43. The van der Waals surface area contributed by atoms with Crippen molar-refractivity contribution in [1.29, 1.82) is 0 Å². The van der Waals surface area contributed by atoms with Gasteiger partial charge in [-0.3, -0.25) is 4.79 Å². The molecule has 0 heterocycles. The van der Waals surface area contributed by atoms with Gasteiger partial charge in [-0.1, -0.05) is 18.2 Å². The molecule has 7 nitrogen and oxygen atoms in total. The van der Waals surface area contributed by atoms with Crippen LogP contribution in [0.2, 0.25) is 0 Å². The standard InChI is InChI=1S/C12H15N3O4/c1-9(12(17)19-2)13-11(16)8-15(14-18)10-6-4-3-5-7-10/h3-7,9H,8H2,1-2H3,(H,13,16)/t9-/m0/s1. The molecule has 0 saturated heterocycles. The summed E-state index contributed by atoms with van der Waals surface area (Å²) >= 11 is 0. The van der Waals surface area contributed by atoms with Crippen LogP contribution in [0.5, 0.6) is 0 Å². The fourth-order valence-electron chi connectivity index (χ4n) is 1.43. The highest BCUT2D eigenvalue weighted by atomic mass is 16.5. The molecule has 0 aromatic heterocycles. The Balaban J connectivity index is 2.60. The van der Waals surface area contributed by atoms with Crippen LogP contribution in [-0.4, -0.2) is 31.6 Å². The lowest BCUT2D eigenvalue weighted by Gasteiger charge is -2.16. The van der Waals surface area contributed by atoms with Gasteiger partial charge in [0.1, 0.15) is 12.6 Å². The maximum Gasteiger partial charge on any atom is 0.328 e. The molecule has 0 spiro atoms. The van der Waals surface area contributed by atoms with Gasteiger partial charge in [0.25, 0.3) is 0 Å². The van der Waals surface area contributed by atoms with Crippen molar-refractivity contribution in [2.24, 2.45) is 5.29 Å². The second kappa shape index (κ2) is 7.10. The molecular weight excluding hydrogens is 250 g/mol. The van der Waals surface area contributed by atoms with Crippen LogP contribution in [-0.2, 0) is 14.3 Å².